The Kier molecular flexibility index (Phi) is 7.02. The van der Waals surface area contributed by atoms with Crippen LogP contribution in [-0.4, -0.2) is 32.4 Å². The molecule has 0 aromatic heterocycles. The third-order valence-electron chi connectivity index (χ3n) is 4.06. The molecule has 0 aliphatic heterocycles. The molecule has 2 rings (SSSR count). The Bertz CT molecular complexity index is 747. The first-order valence-electron chi connectivity index (χ1n) is 7.53. The molecule has 0 aliphatic carbocycles. The molecule has 0 spiro atoms. The first-order chi connectivity index (χ1) is 10.3. The van der Waals surface area contributed by atoms with Gasteiger partial charge in [-0.2, -0.15) is 0 Å². The molecule has 0 saturated carbocycles. The third kappa shape index (κ3) is 4.67. The van der Waals surface area contributed by atoms with Gasteiger partial charge in [0.25, 0.3) is 0 Å². The van der Waals surface area contributed by atoms with Crippen molar-refractivity contribution in [3.05, 3.63) is 42.5 Å². The van der Waals surface area contributed by atoms with Gasteiger partial charge in [-0.15, -0.1) is 12.4 Å². The minimum atomic E-state index is -3.47. The Morgan fingerprint density at radius 1 is 1.09 bits per heavy atom. The average Bonchev–Trinajstić information content (AvgIpc) is 2.51. The van der Waals surface area contributed by atoms with Gasteiger partial charge in [0.05, 0.1) is 4.90 Å². The largest absolute Gasteiger partial charge is 0.327 e. The van der Waals surface area contributed by atoms with Crippen molar-refractivity contribution in [1.82, 2.24) is 4.31 Å². The van der Waals surface area contributed by atoms with Crippen LogP contribution in [0.3, 0.4) is 0 Å². The summed E-state index contributed by atoms with van der Waals surface area (Å²) in [6, 6.07) is 13.0. The molecule has 2 N–H and O–H groups in total. The Balaban J connectivity index is 0.00000264. The lowest BCUT2D eigenvalue weighted by Crippen LogP contribution is -2.34. The molecule has 1 atom stereocenters. The minimum absolute atomic E-state index is 0. The van der Waals surface area contributed by atoms with E-state index in [1.807, 2.05) is 44.2 Å². The molecular weight excluding hydrogens is 332 g/mol. The fourth-order valence-corrected chi connectivity index (χ4v) is 3.51. The van der Waals surface area contributed by atoms with Gasteiger partial charge in [0, 0.05) is 19.6 Å². The smallest absolute Gasteiger partial charge is 0.242 e. The zero-order valence-corrected chi connectivity index (χ0v) is 15.4. The second-order valence-electron chi connectivity index (χ2n) is 6.03. The molecule has 2 aromatic carbocycles. The number of fused-ring (bicyclic) bond motifs is 1. The molecule has 2 aromatic rings. The molecule has 4 nitrogen and oxygen atoms in total. The number of nitrogens with two attached hydrogens (primary N) is 1. The number of halogens is 1. The summed E-state index contributed by atoms with van der Waals surface area (Å²) in [5.41, 5.74) is 6.00. The SMILES string of the molecule is CC(C)C(N)CCN(C)S(=O)(=O)c1ccc2ccccc2c1.Cl. The van der Waals surface area contributed by atoms with Gasteiger partial charge in [0.15, 0.2) is 0 Å². The van der Waals surface area contributed by atoms with Crippen molar-refractivity contribution < 1.29 is 8.42 Å². The van der Waals surface area contributed by atoms with Crippen molar-refractivity contribution >= 4 is 33.2 Å². The lowest BCUT2D eigenvalue weighted by Gasteiger charge is -2.21. The molecule has 1 unspecified atom stereocenters. The van der Waals surface area contributed by atoms with Crippen LogP contribution < -0.4 is 5.73 Å². The quantitative estimate of drug-likeness (QED) is 0.864. The molecule has 0 saturated heterocycles. The molecule has 0 radical (unpaired) electrons. The Morgan fingerprint density at radius 2 is 1.70 bits per heavy atom. The summed E-state index contributed by atoms with van der Waals surface area (Å²) in [6.07, 6.45) is 0.654. The lowest BCUT2D eigenvalue weighted by atomic mass is 10.0. The van der Waals surface area contributed by atoms with Crippen molar-refractivity contribution in [1.29, 1.82) is 0 Å². The fourth-order valence-electron chi connectivity index (χ4n) is 2.29. The van der Waals surface area contributed by atoms with E-state index in [1.54, 1.807) is 19.2 Å². The van der Waals surface area contributed by atoms with E-state index in [-0.39, 0.29) is 18.4 Å². The minimum Gasteiger partial charge on any atom is -0.327 e. The van der Waals surface area contributed by atoms with Gasteiger partial charge in [-0.3, -0.25) is 0 Å². The van der Waals surface area contributed by atoms with Gasteiger partial charge < -0.3 is 5.73 Å². The van der Waals surface area contributed by atoms with Gasteiger partial charge in [0.2, 0.25) is 10.0 Å². The van der Waals surface area contributed by atoms with Gasteiger partial charge in [0.1, 0.15) is 0 Å². The lowest BCUT2D eigenvalue weighted by molar-refractivity contribution is 0.397. The van der Waals surface area contributed by atoms with E-state index in [9.17, 15) is 8.42 Å². The third-order valence-corrected chi connectivity index (χ3v) is 5.92. The molecule has 128 valence electrons. The standard InChI is InChI=1S/C17H24N2O2S.ClH/c1-13(2)17(18)10-11-19(3)22(20,21)16-9-8-14-6-4-5-7-15(14)12-16;/h4-9,12-13,17H,10-11,18H2,1-3H3;1H. The van der Waals surface area contributed by atoms with E-state index >= 15 is 0 Å². The molecule has 23 heavy (non-hydrogen) atoms. The van der Waals surface area contributed by atoms with Crippen molar-refractivity contribution in [3.8, 4) is 0 Å². The van der Waals surface area contributed by atoms with E-state index in [2.05, 4.69) is 0 Å². The highest BCUT2D eigenvalue weighted by atomic mass is 35.5. The highest BCUT2D eigenvalue weighted by Crippen LogP contribution is 2.21. The molecule has 0 aliphatic rings. The van der Waals surface area contributed by atoms with Gasteiger partial charge in [-0.1, -0.05) is 44.2 Å². The predicted molar refractivity (Wildman–Crippen MR) is 98.4 cm³/mol. The van der Waals surface area contributed by atoms with Gasteiger partial charge >= 0.3 is 0 Å². The van der Waals surface area contributed by atoms with Gasteiger partial charge in [-0.05, 0) is 35.2 Å². The van der Waals surface area contributed by atoms with Crippen LogP contribution in [0.2, 0.25) is 0 Å². The van der Waals surface area contributed by atoms with Crippen LogP contribution in [0.4, 0.5) is 0 Å². The van der Waals surface area contributed by atoms with E-state index < -0.39 is 10.0 Å². The number of benzene rings is 2. The van der Waals surface area contributed by atoms with Crippen LogP contribution in [0.25, 0.3) is 10.8 Å². The zero-order valence-electron chi connectivity index (χ0n) is 13.8. The van der Waals surface area contributed by atoms with Crippen LogP contribution in [0.5, 0.6) is 0 Å². The average molecular weight is 357 g/mol. The predicted octanol–water partition coefficient (Wildman–Crippen LogP) is 3.26. The summed E-state index contributed by atoms with van der Waals surface area (Å²) in [5, 5.41) is 1.96. The Morgan fingerprint density at radius 3 is 2.30 bits per heavy atom. The summed E-state index contributed by atoms with van der Waals surface area (Å²) in [6.45, 7) is 4.51. The molecule has 0 amide bonds. The van der Waals surface area contributed by atoms with Crippen LogP contribution in [0.1, 0.15) is 20.3 Å². The van der Waals surface area contributed by atoms with Crippen LogP contribution in [0.15, 0.2) is 47.4 Å². The summed E-state index contributed by atoms with van der Waals surface area (Å²) in [5.74, 6) is 0.344. The number of hydrogen-bond acceptors (Lipinski definition) is 3. The number of hydrogen-bond donors (Lipinski definition) is 1. The first-order valence-corrected chi connectivity index (χ1v) is 8.97. The maximum Gasteiger partial charge on any atom is 0.242 e. The second kappa shape index (κ2) is 8.11. The molecule has 0 fully saturated rings. The number of sulfonamides is 1. The summed E-state index contributed by atoms with van der Waals surface area (Å²) in [7, 11) is -1.87. The van der Waals surface area contributed by atoms with E-state index in [1.165, 1.54) is 4.31 Å². The highest BCUT2D eigenvalue weighted by molar-refractivity contribution is 7.89. The summed E-state index contributed by atoms with van der Waals surface area (Å²) < 4.78 is 26.7. The first kappa shape index (κ1) is 19.9. The fraction of sp³-hybridized carbons (Fsp3) is 0.412. The maximum absolute atomic E-state index is 12.6. The molecule has 0 bridgehead atoms. The normalized spacial score (nSPS) is 13.3. The number of nitrogens with zero attached hydrogens (tertiary/aromatic N) is 1. The number of rotatable bonds is 6. The maximum atomic E-state index is 12.6. The van der Waals surface area contributed by atoms with Crippen molar-refractivity contribution in [3.63, 3.8) is 0 Å². The highest BCUT2D eigenvalue weighted by Gasteiger charge is 2.21. The molecule has 0 heterocycles. The van der Waals surface area contributed by atoms with Gasteiger partial charge in [-0.25, -0.2) is 12.7 Å². The van der Waals surface area contributed by atoms with Crippen molar-refractivity contribution in [2.45, 2.75) is 31.2 Å². The van der Waals surface area contributed by atoms with Crippen LogP contribution >= 0.6 is 12.4 Å². The molecule has 6 heteroatoms. The summed E-state index contributed by atoms with van der Waals surface area (Å²) in [4.78, 5) is 0.326. The Labute approximate surface area is 145 Å². The second-order valence-corrected chi connectivity index (χ2v) is 8.08. The van der Waals surface area contributed by atoms with E-state index in [0.717, 1.165) is 10.8 Å². The van der Waals surface area contributed by atoms with Crippen LogP contribution in [-0.2, 0) is 10.0 Å². The van der Waals surface area contributed by atoms with E-state index in [4.69, 9.17) is 5.73 Å². The van der Waals surface area contributed by atoms with E-state index in [0.29, 0.717) is 23.8 Å². The topological polar surface area (TPSA) is 63.4 Å². The Hall–Kier alpha value is -1.14. The van der Waals surface area contributed by atoms with Crippen molar-refractivity contribution in [2.24, 2.45) is 11.7 Å². The zero-order chi connectivity index (χ0) is 16.3. The van der Waals surface area contributed by atoms with Crippen LogP contribution in [0, 0.1) is 5.92 Å². The molecular formula is C17H25ClN2O2S. The summed E-state index contributed by atoms with van der Waals surface area (Å²) >= 11 is 0. The monoisotopic (exact) mass is 356 g/mol. The van der Waals surface area contributed by atoms with Crippen molar-refractivity contribution in [2.75, 3.05) is 13.6 Å².